The molecule has 0 saturated heterocycles. The summed E-state index contributed by atoms with van der Waals surface area (Å²) in [6.45, 7) is 2.48. The maximum absolute atomic E-state index is 12.1. The van der Waals surface area contributed by atoms with Crippen LogP contribution in [0.3, 0.4) is 0 Å². The zero-order chi connectivity index (χ0) is 15.2. The maximum atomic E-state index is 12.1. The van der Waals surface area contributed by atoms with Gasteiger partial charge in [-0.1, -0.05) is 0 Å². The molecule has 0 spiro atoms. The number of nitrogens with one attached hydrogen (secondary N) is 1. The highest BCUT2D eigenvalue weighted by Crippen LogP contribution is 2.14. The van der Waals surface area contributed by atoms with Gasteiger partial charge < -0.3 is 15.8 Å². The van der Waals surface area contributed by atoms with Crippen LogP contribution < -0.4 is 15.8 Å². The molecule has 5 nitrogen and oxygen atoms in total. The van der Waals surface area contributed by atoms with Crippen LogP contribution in [-0.4, -0.2) is 18.4 Å². The number of carbonyl (C=O) groups excluding carboxylic acids is 2. The molecule has 0 aromatic heterocycles. The standard InChI is InChI=1S/C16H16N2O3/c1-2-21-14-9-5-12(6-10-14)16(20)18-13-7-3-11(4-8-13)15(17)19/h3-10H,2H2,1H3,(H2,17,19)(H,18,20). The molecular formula is C16H16N2O3. The lowest BCUT2D eigenvalue weighted by molar-refractivity contribution is 0.0998. The number of ether oxygens (including phenoxy) is 1. The van der Waals surface area contributed by atoms with Gasteiger partial charge in [0.1, 0.15) is 5.75 Å². The van der Waals surface area contributed by atoms with E-state index < -0.39 is 5.91 Å². The van der Waals surface area contributed by atoms with Gasteiger partial charge in [-0.25, -0.2) is 0 Å². The van der Waals surface area contributed by atoms with E-state index in [0.717, 1.165) is 5.75 Å². The SMILES string of the molecule is CCOc1ccc(C(=O)Nc2ccc(C(N)=O)cc2)cc1. The molecule has 0 radical (unpaired) electrons. The van der Waals surface area contributed by atoms with Gasteiger partial charge in [0.15, 0.2) is 0 Å². The highest BCUT2D eigenvalue weighted by Gasteiger charge is 2.07. The summed E-state index contributed by atoms with van der Waals surface area (Å²) < 4.78 is 5.32. The summed E-state index contributed by atoms with van der Waals surface area (Å²) in [5.74, 6) is -0.0101. The number of carbonyl (C=O) groups is 2. The minimum Gasteiger partial charge on any atom is -0.494 e. The monoisotopic (exact) mass is 284 g/mol. The van der Waals surface area contributed by atoms with Gasteiger partial charge in [0.25, 0.3) is 5.91 Å². The Morgan fingerprint density at radius 2 is 1.57 bits per heavy atom. The molecule has 0 heterocycles. The van der Waals surface area contributed by atoms with Crippen molar-refractivity contribution < 1.29 is 14.3 Å². The third-order valence-electron chi connectivity index (χ3n) is 2.85. The molecule has 108 valence electrons. The van der Waals surface area contributed by atoms with Crippen LogP contribution in [0.25, 0.3) is 0 Å². The number of hydrogen-bond donors (Lipinski definition) is 2. The minimum atomic E-state index is -0.501. The Morgan fingerprint density at radius 3 is 2.10 bits per heavy atom. The summed E-state index contributed by atoms with van der Waals surface area (Å²) in [6.07, 6.45) is 0. The molecule has 0 atom stereocenters. The number of amides is 2. The first-order valence-corrected chi connectivity index (χ1v) is 6.54. The number of rotatable bonds is 5. The maximum Gasteiger partial charge on any atom is 0.255 e. The van der Waals surface area contributed by atoms with E-state index in [1.165, 1.54) is 0 Å². The Balaban J connectivity index is 2.05. The summed E-state index contributed by atoms with van der Waals surface area (Å²) >= 11 is 0. The second kappa shape index (κ2) is 6.56. The zero-order valence-corrected chi connectivity index (χ0v) is 11.6. The van der Waals surface area contributed by atoms with Gasteiger partial charge in [-0.05, 0) is 55.5 Å². The Hall–Kier alpha value is -2.82. The fourth-order valence-electron chi connectivity index (χ4n) is 1.79. The number of hydrogen-bond acceptors (Lipinski definition) is 3. The second-order valence-electron chi connectivity index (χ2n) is 4.35. The topological polar surface area (TPSA) is 81.4 Å². The van der Waals surface area contributed by atoms with Crippen molar-refractivity contribution in [2.24, 2.45) is 5.73 Å². The van der Waals surface area contributed by atoms with Crippen LogP contribution in [-0.2, 0) is 0 Å². The van der Waals surface area contributed by atoms with Gasteiger partial charge in [-0.15, -0.1) is 0 Å². The molecule has 0 unspecified atom stereocenters. The van der Waals surface area contributed by atoms with Gasteiger partial charge >= 0.3 is 0 Å². The Bertz CT molecular complexity index is 634. The second-order valence-corrected chi connectivity index (χ2v) is 4.35. The molecule has 21 heavy (non-hydrogen) atoms. The van der Waals surface area contributed by atoms with Gasteiger partial charge in [-0.2, -0.15) is 0 Å². The molecule has 0 aliphatic rings. The molecular weight excluding hydrogens is 268 g/mol. The predicted octanol–water partition coefficient (Wildman–Crippen LogP) is 2.44. The number of primary amides is 1. The highest BCUT2D eigenvalue weighted by molar-refractivity contribution is 6.04. The molecule has 0 bridgehead atoms. The molecule has 2 amide bonds. The van der Waals surface area contributed by atoms with E-state index in [2.05, 4.69) is 5.32 Å². The fraction of sp³-hybridized carbons (Fsp3) is 0.125. The van der Waals surface area contributed by atoms with Crippen molar-refractivity contribution in [2.75, 3.05) is 11.9 Å². The van der Waals surface area contributed by atoms with Crippen LogP contribution in [0.1, 0.15) is 27.6 Å². The first-order chi connectivity index (χ1) is 10.1. The van der Waals surface area contributed by atoms with E-state index in [4.69, 9.17) is 10.5 Å². The normalized spacial score (nSPS) is 9.95. The Morgan fingerprint density at radius 1 is 1.00 bits per heavy atom. The predicted molar refractivity (Wildman–Crippen MR) is 80.5 cm³/mol. The van der Waals surface area contributed by atoms with Gasteiger partial charge in [-0.3, -0.25) is 9.59 Å². The van der Waals surface area contributed by atoms with Crippen molar-refractivity contribution in [3.63, 3.8) is 0 Å². The molecule has 5 heteroatoms. The smallest absolute Gasteiger partial charge is 0.255 e. The molecule has 3 N–H and O–H groups in total. The van der Waals surface area contributed by atoms with Crippen molar-refractivity contribution in [2.45, 2.75) is 6.92 Å². The molecule has 0 aliphatic heterocycles. The van der Waals surface area contributed by atoms with E-state index in [1.54, 1.807) is 48.5 Å². The Labute approximate surface area is 122 Å². The quantitative estimate of drug-likeness (QED) is 0.884. The van der Waals surface area contributed by atoms with Crippen LogP contribution in [0.15, 0.2) is 48.5 Å². The number of anilines is 1. The lowest BCUT2D eigenvalue weighted by Gasteiger charge is -2.07. The van der Waals surface area contributed by atoms with Crippen LogP contribution in [0.4, 0.5) is 5.69 Å². The van der Waals surface area contributed by atoms with Crippen LogP contribution in [0, 0.1) is 0 Å². The third kappa shape index (κ3) is 3.82. The lowest BCUT2D eigenvalue weighted by Crippen LogP contribution is -2.13. The highest BCUT2D eigenvalue weighted by atomic mass is 16.5. The van der Waals surface area contributed by atoms with E-state index in [9.17, 15) is 9.59 Å². The Kier molecular flexibility index (Phi) is 4.56. The first-order valence-electron chi connectivity index (χ1n) is 6.54. The van der Waals surface area contributed by atoms with Crippen LogP contribution in [0.2, 0.25) is 0 Å². The third-order valence-corrected chi connectivity index (χ3v) is 2.85. The average molecular weight is 284 g/mol. The lowest BCUT2D eigenvalue weighted by atomic mass is 10.1. The van der Waals surface area contributed by atoms with E-state index in [-0.39, 0.29) is 5.91 Å². The first kappa shape index (κ1) is 14.6. The van der Waals surface area contributed by atoms with Gasteiger partial charge in [0.05, 0.1) is 6.61 Å². The molecule has 2 aromatic rings. The molecule has 0 saturated carbocycles. The van der Waals surface area contributed by atoms with Crippen molar-refractivity contribution in [3.8, 4) is 5.75 Å². The van der Waals surface area contributed by atoms with Gasteiger partial charge in [0, 0.05) is 16.8 Å². The summed E-state index contributed by atoms with van der Waals surface area (Å²) in [6, 6.07) is 13.3. The largest absolute Gasteiger partial charge is 0.494 e. The minimum absolute atomic E-state index is 0.232. The summed E-state index contributed by atoms with van der Waals surface area (Å²) in [7, 11) is 0. The molecule has 2 rings (SSSR count). The van der Waals surface area contributed by atoms with Crippen molar-refractivity contribution in [1.29, 1.82) is 0 Å². The number of benzene rings is 2. The summed E-state index contributed by atoms with van der Waals surface area (Å²) in [5, 5.41) is 2.74. The average Bonchev–Trinajstić information content (AvgIpc) is 2.49. The zero-order valence-electron chi connectivity index (χ0n) is 11.6. The van der Waals surface area contributed by atoms with Crippen LogP contribution in [0.5, 0.6) is 5.75 Å². The van der Waals surface area contributed by atoms with Crippen molar-refractivity contribution in [3.05, 3.63) is 59.7 Å². The van der Waals surface area contributed by atoms with E-state index >= 15 is 0 Å². The molecule has 0 aliphatic carbocycles. The summed E-state index contributed by atoms with van der Waals surface area (Å²) in [4.78, 5) is 23.0. The van der Waals surface area contributed by atoms with E-state index in [0.29, 0.717) is 23.4 Å². The summed E-state index contributed by atoms with van der Waals surface area (Å²) in [5.41, 5.74) is 6.68. The number of nitrogens with two attached hydrogens (primary N) is 1. The molecule has 2 aromatic carbocycles. The van der Waals surface area contributed by atoms with Crippen molar-refractivity contribution in [1.82, 2.24) is 0 Å². The molecule has 0 fully saturated rings. The van der Waals surface area contributed by atoms with Crippen LogP contribution >= 0.6 is 0 Å². The van der Waals surface area contributed by atoms with E-state index in [1.807, 2.05) is 6.92 Å². The van der Waals surface area contributed by atoms with Crippen molar-refractivity contribution >= 4 is 17.5 Å². The van der Waals surface area contributed by atoms with Gasteiger partial charge in [0.2, 0.25) is 5.91 Å². The fourth-order valence-corrected chi connectivity index (χ4v) is 1.79.